The van der Waals surface area contributed by atoms with E-state index in [4.69, 9.17) is 4.74 Å². The second-order valence-corrected chi connectivity index (χ2v) is 4.34. The average molecular weight is 234 g/mol. The number of carbonyl (C=O) groups excluding carboxylic acids is 1. The molecule has 2 unspecified atom stereocenters. The number of ether oxygens (including phenoxy) is 1. The number of piperidine rings is 1. The van der Waals surface area contributed by atoms with Gasteiger partial charge in [0.1, 0.15) is 5.75 Å². The van der Waals surface area contributed by atoms with Crippen LogP contribution in [0.15, 0.2) is 30.3 Å². The van der Waals surface area contributed by atoms with Crippen LogP contribution < -0.4 is 15.4 Å². The van der Waals surface area contributed by atoms with Crippen LogP contribution in [0.25, 0.3) is 0 Å². The summed E-state index contributed by atoms with van der Waals surface area (Å²) < 4.78 is 5.19. The van der Waals surface area contributed by atoms with Crippen LogP contribution in [-0.4, -0.2) is 24.7 Å². The largest absolute Gasteiger partial charge is 0.412 e. The maximum Gasteiger partial charge on any atom is 0.412 e. The zero-order valence-corrected chi connectivity index (χ0v) is 9.98. The lowest BCUT2D eigenvalue weighted by molar-refractivity contribution is 0.188. The number of para-hydroxylation sites is 1. The number of nitrogens with one attached hydrogen (secondary N) is 2. The zero-order valence-electron chi connectivity index (χ0n) is 9.98. The van der Waals surface area contributed by atoms with Crippen molar-refractivity contribution in [1.82, 2.24) is 10.6 Å². The van der Waals surface area contributed by atoms with Crippen molar-refractivity contribution < 1.29 is 9.53 Å². The van der Waals surface area contributed by atoms with Crippen molar-refractivity contribution >= 4 is 6.09 Å². The highest BCUT2D eigenvalue weighted by atomic mass is 16.6. The van der Waals surface area contributed by atoms with E-state index in [1.54, 1.807) is 12.1 Å². The maximum atomic E-state index is 11.7. The number of rotatable bonds is 2. The molecule has 4 nitrogen and oxygen atoms in total. The van der Waals surface area contributed by atoms with E-state index in [9.17, 15) is 4.79 Å². The summed E-state index contributed by atoms with van der Waals surface area (Å²) in [6, 6.07) is 9.55. The second kappa shape index (κ2) is 5.68. The standard InChI is InChI=1S/C13H18N2O2/c1-10-12(8-5-9-14-10)15-13(16)17-11-6-3-2-4-7-11/h2-4,6-7,10,12,14H,5,8-9H2,1H3,(H,15,16). The molecule has 1 fully saturated rings. The lowest BCUT2D eigenvalue weighted by Crippen LogP contribution is -2.52. The number of amides is 1. The molecular weight excluding hydrogens is 216 g/mol. The Hall–Kier alpha value is -1.55. The van der Waals surface area contributed by atoms with Gasteiger partial charge in [-0.2, -0.15) is 0 Å². The fourth-order valence-electron chi connectivity index (χ4n) is 2.02. The minimum Gasteiger partial charge on any atom is -0.410 e. The third-order valence-corrected chi connectivity index (χ3v) is 3.02. The number of hydrogen-bond donors (Lipinski definition) is 2. The minimum atomic E-state index is -0.378. The highest BCUT2D eigenvalue weighted by Crippen LogP contribution is 2.11. The Morgan fingerprint density at radius 1 is 1.41 bits per heavy atom. The molecule has 4 heteroatoms. The first-order valence-electron chi connectivity index (χ1n) is 6.02. The first kappa shape index (κ1) is 11.9. The summed E-state index contributed by atoms with van der Waals surface area (Å²) in [6.07, 6.45) is 1.70. The van der Waals surface area contributed by atoms with Crippen molar-refractivity contribution in [3.8, 4) is 5.75 Å². The van der Waals surface area contributed by atoms with Crippen molar-refractivity contribution in [2.45, 2.75) is 31.8 Å². The third-order valence-electron chi connectivity index (χ3n) is 3.02. The van der Waals surface area contributed by atoms with Gasteiger partial charge in [-0.15, -0.1) is 0 Å². The molecular formula is C13H18N2O2. The van der Waals surface area contributed by atoms with Gasteiger partial charge in [0, 0.05) is 12.1 Å². The van der Waals surface area contributed by atoms with Crippen LogP contribution in [0.3, 0.4) is 0 Å². The van der Waals surface area contributed by atoms with E-state index in [1.807, 2.05) is 18.2 Å². The van der Waals surface area contributed by atoms with Crippen LogP contribution in [0.4, 0.5) is 4.79 Å². The Balaban J connectivity index is 1.84. The van der Waals surface area contributed by atoms with Crippen molar-refractivity contribution in [1.29, 1.82) is 0 Å². The molecule has 1 aromatic rings. The van der Waals surface area contributed by atoms with Gasteiger partial charge in [0.05, 0.1) is 0 Å². The number of benzene rings is 1. The normalized spacial score (nSPS) is 24.1. The number of carbonyl (C=O) groups is 1. The Morgan fingerprint density at radius 3 is 2.88 bits per heavy atom. The van der Waals surface area contributed by atoms with Crippen molar-refractivity contribution in [2.75, 3.05) is 6.54 Å². The monoisotopic (exact) mass is 234 g/mol. The molecule has 2 atom stereocenters. The highest BCUT2D eigenvalue weighted by molar-refractivity contribution is 5.70. The van der Waals surface area contributed by atoms with Gasteiger partial charge in [0.15, 0.2) is 0 Å². The summed E-state index contributed by atoms with van der Waals surface area (Å²) in [7, 11) is 0. The van der Waals surface area contributed by atoms with Gasteiger partial charge in [0.2, 0.25) is 0 Å². The van der Waals surface area contributed by atoms with Crippen molar-refractivity contribution in [3.05, 3.63) is 30.3 Å². The molecule has 1 aromatic carbocycles. The average Bonchev–Trinajstić information content (AvgIpc) is 2.33. The predicted molar refractivity (Wildman–Crippen MR) is 66.1 cm³/mol. The summed E-state index contributed by atoms with van der Waals surface area (Å²) in [5, 5.41) is 6.22. The highest BCUT2D eigenvalue weighted by Gasteiger charge is 2.22. The smallest absolute Gasteiger partial charge is 0.410 e. The van der Waals surface area contributed by atoms with E-state index < -0.39 is 0 Å². The zero-order chi connectivity index (χ0) is 12.1. The molecule has 1 saturated heterocycles. The van der Waals surface area contributed by atoms with Crippen LogP contribution in [0, 0.1) is 0 Å². The van der Waals surface area contributed by atoms with Gasteiger partial charge in [-0.05, 0) is 38.4 Å². The van der Waals surface area contributed by atoms with Gasteiger partial charge in [-0.1, -0.05) is 18.2 Å². The fourth-order valence-corrected chi connectivity index (χ4v) is 2.02. The summed E-state index contributed by atoms with van der Waals surface area (Å²) in [6.45, 7) is 3.10. The third kappa shape index (κ3) is 3.46. The molecule has 2 N–H and O–H groups in total. The molecule has 92 valence electrons. The fraction of sp³-hybridized carbons (Fsp3) is 0.462. The van der Waals surface area contributed by atoms with E-state index in [1.165, 1.54) is 0 Å². The lowest BCUT2D eigenvalue weighted by atomic mass is 10.0. The molecule has 1 aliphatic heterocycles. The van der Waals surface area contributed by atoms with Crippen molar-refractivity contribution in [2.24, 2.45) is 0 Å². The van der Waals surface area contributed by atoms with Crippen LogP contribution in [-0.2, 0) is 0 Å². The summed E-state index contributed by atoms with van der Waals surface area (Å²) in [5.74, 6) is 0.571. The predicted octanol–water partition coefficient (Wildman–Crippen LogP) is 1.92. The van der Waals surface area contributed by atoms with Crippen molar-refractivity contribution in [3.63, 3.8) is 0 Å². The lowest BCUT2D eigenvalue weighted by Gasteiger charge is -2.30. The Kier molecular flexibility index (Phi) is 3.98. The van der Waals surface area contributed by atoms with E-state index in [-0.39, 0.29) is 12.1 Å². The van der Waals surface area contributed by atoms with E-state index in [0.29, 0.717) is 11.8 Å². The molecule has 1 amide bonds. The van der Waals surface area contributed by atoms with E-state index >= 15 is 0 Å². The summed E-state index contributed by atoms with van der Waals surface area (Å²) in [4.78, 5) is 11.7. The Morgan fingerprint density at radius 2 is 2.18 bits per heavy atom. The van der Waals surface area contributed by atoms with Crippen LogP contribution in [0.5, 0.6) is 5.75 Å². The molecule has 0 bridgehead atoms. The van der Waals surface area contributed by atoms with Gasteiger partial charge in [-0.25, -0.2) is 4.79 Å². The first-order valence-corrected chi connectivity index (χ1v) is 6.02. The quantitative estimate of drug-likeness (QED) is 0.822. The van der Waals surface area contributed by atoms with E-state index in [2.05, 4.69) is 17.6 Å². The molecule has 1 heterocycles. The minimum absolute atomic E-state index is 0.153. The summed E-state index contributed by atoms with van der Waals surface area (Å²) >= 11 is 0. The van der Waals surface area contributed by atoms with Gasteiger partial charge in [-0.3, -0.25) is 0 Å². The topological polar surface area (TPSA) is 50.4 Å². The molecule has 17 heavy (non-hydrogen) atoms. The molecule has 0 spiro atoms. The SMILES string of the molecule is CC1NCCCC1NC(=O)Oc1ccccc1. The van der Waals surface area contributed by atoms with Crippen LogP contribution in [0.2, 0.25) is 0 Å². The van der Waals surface area contributed by atoms with E-state index in [0.717, 1.165) is 19.4 Å². The van der Waals surface area contributed by atoms with Gasteiger partial charge >= 0.3 is 6.09 Å². The van der Waals surface area contributed by atoms with Crippen LogP contribution in [0.1, 0.15) is 19.8 Å². The second-order valence-electron chi connectivity index (χ2n) is 4.34. The number of hydrogen-bond acceptors (Lipinski definition) is 3. The molecule has 0 radical (unpaired) electrons. The molecule has 0 aliphatic carbocycles. The molecule has 1 aliphatic rings. The molecule has 0 aromatic heterocycles. The first-order chi connectivity index (χ1) is 8.25. The van der Waals surface area contributed by atoms with Gasteiger partial charge in [0.25, 0.3) is 0 Å². The van der Waals surface area contributed by atoms with Gasteiger partial charge < -0.3 is 15.4 Å². The Bertz CT molecular complexity index is 367. The summed E-state index contributed by atoms with van der Waals surface area (Å²) in [5.41, 5.74) is 0. The molecule has 2 rings (SSSR count). The van der Waals surface area contributed by atoms with Crippen LogP contribution >= 0.6 is 0 Å². The maximum absolute atomic E-state index is 11.7. The Labute approximate surface area is 101 Å². The molecule has 0 saturated carbocycles.